The van der Waals surface area contributed by atoms with Gasteiger partial charge < -0.3 is 15.2 Å². The Bertz CT molecular complexity index is 597. The Kier molecular flexibility index (Phi) is 5.39. The SMILES string of the molecule is CC(C)(Oc1cc(C(F)(F)F)ccc1CN1CCNCC1)C(=O)O. The van der Waals surface area contributed by atoms with Crippen molar-refractivity contribution in [1.29, 1.82) is 0 Å². The van der Waals surface area contributed by atoms with Gasteiger partial charge in [-0.1, -0.05) is 6.07 Å². The van der Waals surface area contributed by atoms with E-state index < -0.39 is 23.3 Å². The zero-order valence-electron chi connectivity index (χ0n) is 13.6. The van der Waals surface area contributed by atoms with Crippen molar-refractivity contribution in [3.05, 3.63) is 29.3 Å². The van der Waals surface area contributed by atoms with Gasteiger partial charge in [-0.15, -0.1) is 0 Å². The van der Waals surface area contributed by atoms with Gasteiger partial charge in [-0.25, -0.2) is 4.79 Å². The highest BCUT2D eigenvalue weighted by Gasteiger charge is 2.34. The lowest BCUT2D eigenvalue weighted by molar-refractivity contribution is -0.152. The summed E-state index contributed by atoms with van der Waals surface area (Å²) in [6.45, 7) is 6.17. The van der Waals surface area contributed by atoms with Gasteiger partial charge in [-0.2, -0.15) is 13.2 Å². The van der Waals surface area contributed by atoms with E-state index in [9.17, 15) is 23.1 Å². The number of carboxylic acid groups (broad SMARTS) is 1. The van der Waals surface area contributed by atoms with Gasteiger partial charge in [0, 0.05) is 38.3 Å². The molecule has 0 bridgehead atoms. The molecule has 0 amide bonds. The number of nitrogens with zero attached hydrogens (tertiary/aromatic N) is 1. The van der Waals surface area contributed by atoms with Crippen LogP contribution in [0.5, 0.6) is 5.75 Å². The smallest absolute Gasteiger partial charge is 0.416 e. The fraction of sp³-hybridized carbons (Fsp3) is 0.562. The number of carboxylic acids is 1. The summed E-state index contributed by atoms with van der Waals surface area (Å²) in [4.78, 5) is 13.3. The number of carbonyl (C=O) groups is 1. The van der Waals surface area contributed by atoms with Crippen molar-refractivity contribution in [3.8, 4) is 5.75 Å². The number of nitrogens with one attached hydrogen (secondary N) is 1. The molecule has 0 unspecified atom stereocenters. The minimum Gasteiger partial charge on any atom is -0.478 e. The van der Waals surface area contributed by atoms with Crippen LogP contribution in [-0.2, 0) is 17.5 Å². The molecule has 5 nitrogen and oxygen atoms in total. The molecule has 0 saturated carbocycles. The largest absolute Gasteiger partial charge is 0.478 e. The van der Waals surface area contributed by atoms with Crippen LogP contribution in [0.15, 0.2) is 18.2 Å². The predicted molar refractivity (Wildman–Crippen MR) is 81.9 cm³/mol. The molecule has 134 valence electrons. The van der Waals surface area contributed by atoms with Crippen LogP contribution in [0.4, 0.5) is 13.2 Å². The number of alkyl halides is 3. The van der Waals surface area contributed by atoms with Crippen LogP contribution in [0.25, 0.3) is 0 Å². The second-order valence-corrected chi connectivity index (χ2v) is 6.26. The third-order valence-corrected chi connectivity index (χ3v) is 3.88. The summed E-state index contributed by atoms with van der Waals surface area (Å²) in [6.07, 6.45) is -4.51. The van der Waals surface area contributed by atoms with Crippen LogP contribution in [0.1, 0.15) is 25.0 Å². The van der Waals surface area contributed by atoms with Gasteiger partial charge in [-0.05, 0) is 26.0 Å². The number of rotatable bonds is 5. The van der Waals surface area contributed by atoms with Crippen molar-refractivity contribution in [2.24, 2.45) is 0 Å². The number of hydrogen-bond donors (Lipinski definition) is 2. The van der Waals surface area contributed by atoms with Gasteiger partial charge in [0.25, 0.3) is 0 Å². The number of hydrogen-bond acceptors (Lipinski definition) is 4. The van der Waals surface area contributed by atoms with Gasteiger partial charge >= 0.3 is 12.1 Å². The average molecular weight is 346 g/mol. The standard InChI is InChI=1S/C16H21F3N2O3/c1-15(2,14(22)23)24-13-9-12(16(17,18)19)4-3-11(13)10-21-7-5-20-6-8-21/h3-4,9,20H,5-8,10H2,1-2H3,(H,22,23). The molecule has 1 aliphatic heterocycles. The average Bonchev–Trinajstić information content (AvgIpc) is 2.48. The Morgan fingerprint density at radius 2 is 1.92 bits per heavy atom. The van der Waals surface area contributed by atoms with Crippen molar-refractivity contribution in [2.75, 3.05) is 26.2 Å². The molecule has 0 aliphatic carbocycles. The Labute approximate surface area is 138 Å². The van der Waals surface area contributed by atoms with Gasteiger partial charge in [0.2, 0.25) is 0 Å². The third kappa shape index (κ3) is 4.61. The van der Waals surface area contributed by atoms with Crippen LogP contribution in [0.2, 0.25) is 0 Å². The van der Waals surface area contributed by atoms with Gasteiger partial charge in [0.15, 0.2) is 5.60 Å². The van der Waals surface area contributed by atoms with E-state index in [4.69, 9.17) is 4.74 Å². The zero-order valence-corrected chi connectivity index (χ0v) is 13.6. The summed E-state index contributed by atoms with van der Waals surface area (Å²) >= 11 is 0. The number of benzene rings is 1. The normalized spacial score (nSPS) is 16.9. The molecule has 1 aromatic carbocycles. The zero-order chi connectivity index (χ0) is 18.0. The molecule has 0 spiro atoms. The van der Waals surface area contributed by atoms with Crippen LogP contribution in [0, 0.1) is 0 Å². The van der Waals surface area contributed by atoms with Gasteiger partial charge in [0.05, 0.1) is 5.56 Å². The quantitative estimate of drug-likeness (QED) is 0.857. The van der Waals surface area contributed by atoms with Crippen molar-refractivity contribution in [1.82, 2.24) is 10.2 Å². The van der Waals surface area contributed by atoms with Gasteiger partial charge in [0.1, 0.15) is 5.75 Å². The Morgan fingerprint density at radius 1 is 1.29 bits per heavy atom. The molecule has 0 radical (unpaired) electrons. The molecule has 1 saturated heterocycles. The third-order valence-electron chi connectivity index (χ3n) is 3.88. The molecule has 2 rings (SSSR count). The number of ether oxygens (including phenoxy) is 1. The van der Waals surface area contributed by atoms with E-state index in [-0.39, 0.29) is 5.75 Å². The number of piperazine rings is 1. The molecule has 1 aliphatic rings. The molecule has 2 N–H and O–H groups in total. The maximum Gasteiger partial charge on any atom is 0.416 e. The molecule has 1 heterocycles. The minimum absolute atomic E-state index is 0.0456. The lowest BCUT2D eigenvalue weighted by atomic mass is 10.1. The van der Waals surface area contributed by atoms with Crippen LogP contribution in [0.3, 0.4) is 0 Å². The Balaban J connectivity index is 2.32. The van der Waals surface area contributed by atoms with E-state index >= 15 is 0 Å². The second-order valence-electron chi connectivity index (χ2n) is 6.26. The molecule has 1 aromatic rings. The van der Waals surface area contributed by atoms with E-state index in [0.29, 0.717) is 12.1 Å². The molecular weight excluding hydrogens is 325 g/mol. The van der Waals surface area contributed by atoms with Crippen molar-refractivity contribution in [2.45, 2.75) is 32.2 Å². The van der Waals surface area contributed by atoms with Crippen molar-refractivity contribution < 1.29 is 27.8 Å². The maximum atomic E-state index is 13.0. The van der Waals surface area contributed by atoms with Crippen molar-refractivity contribution >= 4 is 5.97 Å². The molecule has 8 heteroatoms. The first-order valence-electron chi connectivity index (χ1n) is 7.65. The van der Waals surface area contributed by atoms with Crippen LogP contribution in [-0.4, -0.2) is 47.8 Å². The summed E-state index contributed by atoms with van der Waals surface area (Å²) < 4.78 is 44.3. The Morgan fingerprint density at radius 3 is 2.46 bits per heavy atom. The van der Waals surface area contributed by atoms with E-state index in [1.165, 1.54) is 19.9 Å². The summed E-state index contributed by atoms with van der Waals surface area (Å²) in [5.41, 5.74) is -1.94. The number of aliphatic carboxylic acids is 1. The van der Waals surface area contributed by atoms with E-state index in [0.717, 1.165) is 38.3 Å². The Hall–Kier alpha value is -1.80. The maximum absolute atomic E-state index is 13.0. The highest BCUT2D eigenvalue weighted by atomic mass is 19.4. The first kappa shape index (κ1) is 18.5. The first-order valence-corrected chi connectivity index (χ1v) is 7.65. The van der Waals surface area contributed by atoms with E-state index in [2.05, 4.69) is 10.2 Å². The molecule has 1 fully saturated rings. The molecule has 24 heavy (non-hydrogen) atoms. The topological polar surface area (TPSA) is 61.8 Å². The highest BCUT2D eigenvalue weighted by molar-refractivity contribution is 5.76. The first-order chi connectivity index (χ1) is 11.1. The van der Waals surface area contributed by atoms with Crippen molar-refractivity contribution in [3.63, 3.8) is 0 Å². The second kappa shape index (κ2) is 6.98. The fourth-order valence-corrected chi connectivity index (χ4v) is 2.39. The lowest BCUT2D eigenvalue weighted by Crippen LogP contribution is -2.43. The predicted octanol–water partition coefficient (Wildman–Crippen LogP) is 2.35. The molecule has 0 atom stereocenters. The molecular formula is C16H21F3N2O3. The monoisotopic (exact) mass is 346 g/mol. The highest BCUT2D eigenvalue weighted by Crippen LogP contribution is 2.35. The van der Waals surface area contributed by atoms with Crippen LogP contribution < -0.4 is 10.1 Å². The summed E-state index contributed by atoms with van der Waals surface area (Å²) in [7, 11) is 0. The lowest BCUT2D eigenvalue weighted by Gasteiger charge is -2.29. The molecule has 0 aromatic heterocycles. The minimum atomic E-state index is -4.51. The summed E-state index contributed by atoms with van der Waals surface area (Å²) in [5.74, 6) is -1.29. The van der Waals surface area contributed by atoms with E-state index in [1.807, 2.05) is 0 Å². The summed E-state index contributed by atoms with van der Waals surface area (Å²) in [6, 6.07) is 3.23. The van der Waals surface area contributed by atoms with E-state index in [1.54, 1.807) is 0 Å². The number of halogens is 3. The van der Waals surface area contributed by atoms with Crippen LogP contribution >= 0.6 is 0 Å². The summed E-state index contributed by atoms with van der Waals surface area (Å²) in [5, 5.41) is 12.4. The fourth-order valence-electron chi connectivity index (χ4n) is 2.39. The van der Waals surface area contributed by atoms with Gasteiger partial charge in [-0.3, -0.25) is 4.90 Å².